The third kappa shape index (κ3) is 3.58. The Balaban J connectivity index is 2.17. The maximum absolute atomic E-state index is 13.9. The van der Waals surface area contributed by atoms with Crippen molar-refractivity contribution in [1.29, 1.82) is 0 Å². The molecule has 2 rings (SSSR count). The Bertz CT molecular complexity index is 580. The van der Waals surface area contributed by atoms with Crippen LogP contribution in [-0.2, 0) is 13.1 Å². The maximum Gasteiger partial charge on any atom is 0.129 e. The van der Waals surface area contributed by atoms with Crippen LogP contribution < -0.4 is 5.32 Å². The summed E-state index contributed by atoms with van der Waals surface area (Å²) in [6, 6.07) is 4.78. The van der Waals surface area contributed by atoms with Crippen LogP contribution in [0.1, 0.15) is 30.4 Å². The van der Waals surface area contributed by atoms with Crippen LogP contribution in [0.4, 0.5) is 4.39 Å². The summed E-state index contributed by atoms with van der Waals surface area (Å²) in [5.41, 5.74) is 1.68. The lowest BCUT2D eigenvalue weighted by atomic mass is 10.2. The van der Waals surface area contributed by atoms with Crippen molar-refractivity contribution >= 4 is 11.6 Å². The Hall–Kier alpha value is -1.39. The van der Waals surface area contributed by atoms with Crippen molar-refractivity contribution in [3.63, 3.8) is 0 Å². The van der Waals surface area contributed by atoms with Gasteiger partial charge in [-0.2, -0.15) is 0 Å². The molecule has 20 heavy (non-hydrogen) atoms. The van der Waals surface area contributed by atoms with E-state index in [9.17, 15) is 4.39 Å². The number of nitrogens with zero attached hydrogens (tertiary/aromatic N) is 2. The number of hydrogen-bond acceptors (Lipinski definition) is 2. The number of rotatable bonds is 6. The van der Waals surface area contributed by atoms with Crippen molar-refractivity contribution in [3.05, 3.63) is 52.3 Å². The van der Waals surface area contributed by atoms with Crippen LogP contribution in [0.25, 0.3) is 0 Å². The normalized spacial score (nSPS) is 11.0. The molecular weight excluding hydrogens is 277 g/mol. The molecule has 2 aromatic rings. The second kappa shape index (κ2) is 6.86. The molecule has 0 fully saturated rings. The minimum Gasteiger partial charge on any atom is -0.326 e. The fourth-order valence-electron chi connectivity index (χ4n) is 2.09. The van der Waals surface area contributed by atoms with E-state index in [1.165, 1.54) is 6.07 Å². The fraction of sp³-hybridized carbons (Fsp3) is 0.400. The quantitative estimate of drug-likeness (QED) is 0.826. The predicted octanol–water partition coefficient (Wildman–Crippen LogP) is 3.53. The molecular formula is C15H19ClFN3. The van der Waals surface area contributed by atoms with Gasteiger partial charge in [0.25, 0.3) is 0 Å². The zero-order valence-corrected chi connectivity index (χ0v) is 12.5. The summed E-state index contributed by atoms with van der Waals surface area (Å²) in [5.74, 6) is 0.603. The zero-order chi connectivity index (χ0) is 14.5. The van der Waals surface area contributed by atoms with Crippen molar-refractivity contribution in [2.75, 3.05) is 6.54 Å². The second-order valence-electron chi connectivity index (χ2n) is 4.80. The number of nitrogens with one attached hydrogen (secondary N) is 1. The second-order valence-corrected chi connectivity index (χ2v) is 5.23. The standard InChI is InChI=1S/C15H19ClFN3/c1-3-6-18-8-14-9-19-11(2)20(14)10-12-4-5-13(16)7-15(12)17/h4-5,7,9,18H,3,6,8,10H2,1-2H3. The van der Waals surface area contributed by atoms with Gasteiger partial charge in [-0.25, -0.2) is 9.37 Å². The molecule has 1 aromatic carbocycles. The minimum absolute atomic E-state index is 0.280. The highest BCUT2D eigenvalue weighted by atomic mass is 35.5. The first-order valence-electron chi connectivity index (χ1n) is 6.77. The number of benzene rings is 1. The molecule has 0 spiro atoms. The van der Waals surface area contributed by atoms with Gasteiger partial charge in [-0.1, -0.05) is 24.6 Å². The predicted molar refractivity (Wildman–Crippen MR) is 79.5 cm³/mol. The largest absolute Gasteiger partial charge is 0.326 e. The molecule has 1 aromatic heterocycles. The van der Waals surface area contributed by atoms with Gasteiger partial charge in [0.2, 0.25) is 0 Å². The highest BCUT2D eigenvalue weighted by Gasteiger charge is 2.10. The average molecular weight is 296 g/mol. The lowest BCUT2D eigenvalue weighted by Crippen LogP contribution is -2.18. The Morgan fingerprint density at radius 1 is 1.40 bits per heavy atom. The van der Waals surface area contributed by atoms with E-state index >= 15 is 0 Å². The first-order valence-corrected chi connectivity index (χ1v) is 7.15. The maximum atomic E-state index is 13.9. The molecule has 5 heteroatoms. The van der Waals surface area contributed by atoms with Gasteiger partial charge in [-0.3, -0.25) is 0 Å². The van der Waals surface area contributed by atoms with E-state index in [0.717, 1.165) is 31.0 Å². The Morgan fingerprint density at radius 2 is 2.20 bits per heavy atom. The molecule has 0 atom stereocenters. The molecule has 1 N–H and O–H groups in total. The first-order chi connectivity index (χ1) is 9.61. The molecule has 0 aliphatic heterocycles. The van der Waals surface area contributed by atoms with E-state index in [-0.39, 0.29) is 5.82 Å². The third-order valence-corrected chi connectivity index (χ3v) is 3.45. The van der Waals surface area contributed by atoms with Gasteiger partial charge in [0.05, 0.1) is 12.2 Å². The van der Waals surface area contributed by atoms with E-state index in [2.05, 4.69) is 17.2 Å². The minimum atomic E-state index is -0.280. The zero-order valence-electron chi connectivity index (χ0n) is 11.8. The topological polar surface area (TPSA) is 29.9 Å². The molecule has 3 nitrogen and oxygen atoms in total. The number of halogens is 2. The van der Waals surface area contributed by atoms with E-state index in [1.54, 1.807) is 12.1 Å². The molecule has 1 heterocycles. The van der Waals surface area contributed by atoms with Crippen LogP contribution in [0.3, 0.4) is 0 Å². The average Bonchev–Trinajstić information content (AvgIpc) is 2.75. The smallest absolute Gasteiger partial charge is 0.129 e. The summed E-state index contributed by atoms with van der Waals surface area (Å²) < 4.78 is 15.9. The highest BCUT2D eigenvalue weighted by molar-refractivity contribution is 6.30. The van der Waals surface area contributed by atoms with E-state index in [1.807, 2.05) is 17.7 Å². The molecule has 0 saturated heterocycles. The monoisotopic (exact) mass is 295 g/mol. The van der Waals surface area contributed by atoms with Gasteiger partial charge in [0.1, 0.15) is 11.6 Å². The molecule has 0 bridgehead atoms. The molecule has 0 saturated carbocycles. The molecule has 0 aliphatic rings. The van der Waals surface area contributed by atoms with E-state index in [4.69, 9.17) is 11.6 Å². The van der Waals surface area contributed by atoms with Crippen LogP contribution in [0.2, 0.25) is 5.02 Å². The van der Waals surface area contributed by atoms with Crippen molar-refractivity contribution < 1.29 is 4.39 Å². The molecule has 108 valence electrons. The molecule has 0 radical (unpaired) electrons. The summed E-state index contributed by atoms with van der Waals surface area (Å²) in [6.07, 6.45) is 2.92. The van der Waals surface area contributed by atoms with Crippen LogP contribution in [-0.4, -0.2) is 16.1 Å². The molecule has 0 aliphatic carbocycles. The van der Waals surface area contributed by atoms with Crippen molar-refractivity contribution in [2.24, 2.45) is 0 Å². The van der Waals surface area contributed by atoms with Crippen LogP contribution >= 0.6 is 11.6 Å². The third-order valence-electron chi connectivity index (χ3n) is 3.21. The summed E-state index contributed by atoms with van der Waals surface area (Å²) in [5, 5.41) is 3.75. The van der Waals surface area contributed by atoms with Crippen LogP contribution in [0.5, 0.6) is 0 Å². The summed E-state index contributed by atoms with van der Waals surface area (Å²) in [7, 11) is 0. The van der Waals surface area contributed by atoms with Gasteiger partial charge >= 0.3 is 0 Å². The Kier molecular flexibility index (Phi) is 5.15. The summed E-state index contributed by atoms with van der Waals surface area (Å²) in [4.78, 5) is 4.31. The number of aryl methyl sites for hydroxylation is 1. The van der Waals surface area contributed by atoms with Crippen molar-refractivity contribution in [1.82, 2.24) is 14.9 Å². The summed E-state index contributed by atoms with van der Waals surface area (Å²) in [6.45, 7) is 6.22. The van der Waals surface area contributed by atoms with Gasteiger partial charge in [0.15, 0.2) is 0 Å². The molecule has 0 unspecified atom stereocenters. The SMILES string of the molecule is CCCNCc1cnc(C)n1Cc1ccc(Cl)cc1F. The van der Waals surface area contributed by atoms with Gasteiger partial charge in [-0.05, 0) is 32.0 Å². The van der Waals surface area contributed by atoms with E-state index < -0.39 is 0 Å². The Morgan fingerprint density at radius 3 is 2.90 bits per heavy atom. The Labute approximate surface area is 123 Å². The molecule has 0 amide bonds. The number of aromatic nitrogens is 2. The van der Waals surface area contributed by atoms with Gasteiger partial charge in [0, 0.05) is 23.3 Å². The van der Waals surface area contributed by atoms with E-state index in [0.29, 0.717) is 17.1 Å². The van der Waals surface area contributed by atoms with Crippen molar-refractivity contribution in [2.45, 2.75) is 33.4 Å². The van der Waals surface area contributed by atoms with Crippen LogP contribution in [0.15, 0.2) is 24.4 Å². The van der Waals surface area contributed by atoms with Crippen LogP contribution in [0, 0.1) is 12.7 Å². The lowest BCUT2D eigenvalue weighted by Gasteiger charge is -2.12. The van der Waals surface area contributed by atoms with Gasteiger partial charge in [-0.15, -0.1) is 0 Å². The summed E-state index contributed by atoms with van der Waals surface area (Å²) >= 11 is 5.78. The fourth-order valence-corrected chi connectivity index (χ4v) is 2.24. The number of imidazole rings is 1. The van der Waals surface area contributed by atoms with Crippen molar-refractivity contribution in [3.8, 4) is 0 Å². The first kappa shape index (κ1) is 15.0. The number of hydrogen-bond donors (Lipinski definition) is 1. The highest BCUT2D eigenvalue weighted by Crippen LogP contribution is 2.17. The lowest BCUT2D eigenvalue weighted by molar-refractivity contribution is 0.582. The van der Waals surface area contributed by atoms with Gasteiger partial charge < -0.3 is 9.88 Å².